The van der Waals surface area contributed by atoms with E-state index in [2.05, 4.69) is 40.7 Å². The molecule has 3 fully saturated rings. The molecule has 0 bridgehead atoms. The molecule has 8 atom stereocenters. The molecule has 4 aliphatic carbocycles. The molecule has 0 N–H and O–H groups in total. The van der Waals surface area contributed by atoms with E-state index < -0.39 is 0 Å². The highest BCUT2D eigenvalue weighted by atomic mass is 16.5. The van der Waals surface area contributed by atoms with E-state index in [0.717, 1.165) is 74.2 Å². The Morgan fingerprint density at radius 2 is 1.58 bits per heavy atom. The lowest BCUT2D eigenvalue weighted by molar-refractivity contribution is -0.0641. The zero-order valence-electron chi connectivity index (χ0n) is 29.1. The summed E-state index contributed by atoms with van der Waals surface area (Å²) in [5, 5.41) is 0. The van der Waals surface area contributed by atoms with E-state index in [1.807, 2.05) is 12.1 Å². The van der Waals surface area contributed by atoms with Gasteiger partial charge in [-0.1, -0.05) is 90.5 Å². The van der Waals surface area contributed by atoms with Gasteiger partial charge in [0.25, 0.3) is 11.8 Å². The fraction of sp³-hybridized carbons (Fsp3) is 0.756. The highest BCUT2D eigenvalue weighted by Crippen LogP contribution is 2.67. The Morgan fingerprint density at radius 3 is 2.31 bits per heavy atom. The molecule has 0 aromatic heterocycles. The van der Waals surface area contributed by atoms with Gasteiger partial charge in [0.1, 0.15) is 0 Å². The number of allylic oxidation sites excluding steroid dienone is 1. The van der Waals surface area contributed by atoms with Crippen molar-refractivity contribution in [2.24, 2.45) is 46.3 Å². The van der Waals surface area contributed by atoms with Crippen LogP contribution in [0.25, 0.3) is 0 Å². The number of benzene rings is 1. The van der Waals surface area contributed by atoms with Crippen LogP contribution >= 0.6 is 0 Å². The summed E-state index contributed by atoms with van der Waals surface area (Å²) in [6, 6.07) is 7.17. The summed E-state index contributed by atoms with van der Waals surface area (Å²) >= 11 is 0. The molecule has 4 heteroatoms. The smallest absolute Gasteiger partial charge is 0.261 e. The van der Waals surface area contributed by atoms with E-state index >= 15 is 0 Å². The summed E-state index contributed by atoms with van der Waals surface area (Å²) in [4.78, 5) is 26.6. The van der Waals surface area contributed by atoms with Crippen molar-refractivity contribution in [2.45, 2.75) is 137 Å². The van der Waals surface area contributed by atoms with Crippen molar-refractivity contribution in [2.75, 3.05) is 13.2 Å². The summed E-state index contributed by atoms with van der Waals surface area (Å²) in [5.74, 6) is 5.06. The number of amides is 2. The van der Waals surface area contributed by atoms with Crippen LogP contribution in [0.4, 0.5) is 0 Å². The molecule has 248 valence electrons. The summed E-state index contributed by atoms with van der Waals surface area (Å²) in [5.41, 5.74) is 3.77. The van der Waals surface area contributed by atoms with Gasteiger partial charge >= 0.3 is 0 Å². The lowest BCUT2D eigenvalue weighted by atomic mass is 9.47. The molecule has 5 aliphatic rings. The Kier molecular flexibility index (Phi) is 10.0. The van der Waals surface area contributed by atoms with E-state index in [-0.39, 0.29) is 11.8 Å². The molecule has 1 unspecified atom stereocenters. The second-order valence-electron chi connectivity index (χ2n) is 16.7. The quantitative estimate of drug-likeness (QED) is 0.126. The number of hydrogen-bond donors (Lipinski definition) is 0. The third-order valence-corrected chi connectivity index (χ3v) is 13.8. The normalized spacial score (nSPS) is 34.8. The summed E-state index contributed by atoms with van der Waals surface area (Å²) in [6.07, 6.45) is 22.1. The summed E-state index contributed by atoms with van der Waals surface area (Å²) in [6.45, 7) is 14.0. The van der Waals surface area contributed by atoms with Crippen LogP contribution in [0.1, 0.15) is 152 Å². The third kappa shape index (κ3) is 6.35. The first-order chi connectivity index (χ1) is 21.6. The molecule has 1 aromatic carbocycles. The predicted octanol–water partition coefficient (Wildman–Crippen LogP) is 10.3. The first kappa shape index (κ1) is 33.0. The minimum atomic E-state index is -0.136. The Morgan fingerprint density at radius 1 is 0.844 bits per heavy atom. The largest absolute Gasteiger partial charge is 0.378 e. The van der Waals surface area contributed by atoms with Crippen molar-refractivity contribution in [3.8, 4) is 0 Å². The number of fused-ring (bicyclic) bond motifs is 6. The van der Waals surface area contributed by atoms with Gasteiger partial charge in [0, 0.05) is 13.2 Å². The van der Waals surface area contributed by atoms with E-state index in [1.165, 1.54) is 69.1 Å². The van der Waals surface area contributed by atoms with Crippen molar-refractivity contribution in [3.05, 3.63) is 47.0 Å². The highest BCUT2D eigenvalue weighted by Gasteiger charge is 2.59. The molecule has 1 heterocycles. The zero-order valence-corrected chi connectivity index (χ0v) is 29.1. The minimum Gasteiger partial charge on any atom is -0.378 e. The SMILES string of the molecule is CC(C)CCC[C@@H](C)[C@H]1CC[C@H]2[C@@H]3CC=C4CC(OCCCCCCN5C(=O)c6ccccc6C5=O)CC[C@]4(C)[C@H]3CC[C@]12C. The van der Waals surface area contributed by atoms with Crippen LogP contribution in [-0.4, -0.2) is 36.0 Å². The number of nitrogens with zero attached hydrogens (tertiary/aromatic N) is 1. The summed E-state index contributed by atoms with van der Waals surface area (Å²) in [7, 11) is 0. The van der Waals surface area contributed by atoms with Crippen LogP contribution in [0, 0.1) is 46.3 Å². The van der Waals surface area contributed by atoms with Gasteiger partial charge in [-0.25, -0.2) is 0 Å². The fourth-order valence-electron chi connectivity index (χ4n) is 11.2. The fourth-order valence-corrected chi connectivity index (χ4v) is 11.2. The molecular formula is C41H61NO3. The standard InChI is InChI=1S/C41H61NO3/c1-28(2)13-12-14-29(3)35-19-20-36-34-18-17-30-27-31(21-23-40(30,4)37(34)22-24-41(35,36)5)45-26-11-7-6-10-25-42-38(43)32-15-8-9-16-33(32)39(42)44/h8-9,15-17,28-29,31,34-37H,6-7,10-14,18-27H2,1-5H3/t29-,31?,34+,35-,36+,37+,40+,41-/m1/s1. The van der Waals surface area contributed by atoms with Gasteiger partial charge in [-0.3, -0.25) is 14.5 Å². The van der Waals surface area contributed by atoms with Crippen molar-refractivity contribution in [1.82, 2.24) is 4.90 Å². The van der Waals surface area contributed by atoms with Crippen LogP contribution in [-0.2, 0) is 4.74 Å². The van der Waals surface area contributed by atoms with Gasteiger partial charge < -0.3 is 4.74 Å². The maximum absolute atomic E-state index is 12.6. The van der Waals surface area contributed by atoms with Crippen molar-refractivity contribution < 1.29 is 14.3 Å². The second kappa shape index (κ2) is 13.7. The zero-order chi connectivity index (χ0) is 31.8. The van der Waals surface area contributed by atoms with E-state index in [4.69, 9.17) is 4.74 Å². The first-order valence-corrected chi connectivity index (χ1v) is 18.9. The molecule has 0 spiro atoms. The topological polar surface area (TPSA) is 46.6 Å². The molecule has 3 saturated carbocycles. The number of hydrogen-bond acceptors (Lipinski definition) is 3. The minimum absolute atomic E-state index is 0.136. The molecule has 1 aromatic rings. The average Bonchev–Trinajstić information content (AvgIpc) is 3.50. The predicted molar refractivity (Wildman–Crippen MR) is 183 cm³/mol. The third-order valence-electron chi connectivity index (χ3n) is 13.8. The molecule has 45 heavy (non-hydrogen) atoms. The maximum atomic E-state index is 12.6. The van der Waals surface area contributed by atoms with Crippen molar-refractivity contribution >= 4 is 11.8 Å². The molecule has 2 amide bonds. The monoisotopic (exact) mass is 615 g/mol. The first-order valence-electron chi connectivity index (χ1n) is 18.9. The lowest BCUT2D eigenvalue weighted by Gasteiger charge is -2.58. The Hall–Kier alpha value is -1.94. The average molecular weight is 616 g/mol. The maximum Gasteiger partial charge on any atom is 0.261 e. The molecular weight excluding hydrogens is 554 g/mol. The van der Waals surface area contributed by atoms with Gasteiger partial charge in [0.05, 0.1) is 17.2 Å². The van der Waals surface area contributed by atoms with Crippen LogP contribution in [0.3, 0.4) is 0 Å². The van der Waals surface area contributed by atoms with Gasteiger partial charge in [-0.05, 0) is 123 Å². The van der Waals surface area contributed by atoms with Crippen LogP contribution < -0.4 is 0 Å². The number of unbranched alkanes of at least 4 members (excludes halogenated alkanes) is 3. The molecule has 0 saturated heterocycles. The van der Waals surface area contributed by atoms with Gasteiger partial charge in [-0.2, -0.15) is 0 Å². The number of carbonyl (C=O) groups is 2. The van der Waals surface area contributed by atoms with Crippen LogP contribution in [0.5, 0.6) is 0 Å². The number of rotatable bonds is 13. The number of imide groups is 1. The molecule has 4 nitrogen and oxygen atoms in total. The summed E-state index contributed by atoms with van der Waals surface area (Å²) < 4.78 is 6.48. The number of ether oxygens (including phenoxy) is 1. The van der Waals surface area contributed by atoms with Gasteiger partial charge in [0.2, 0.25) is 0 Å². The van der Waals surface area contributed by atoms with Crippen LogP contribution in [0.15, 0.2) is 35.9 Å². The Balaban J connectivity index is 0.937. The van der Waals surface area contributed by atoms with Gasteiger partial charge in [0.15, 0.2) is 0 Å². The van der Waals surface area contributed by atoms with Gasteiger partial charge in [-0.15, -0.1) is 0 Å². The molecule has 0 radical (unpaired) electrons. The van der Waals surface area contributed by atoms with Crippen molar-refractivity contribution in [3.63, 3.8) is 0 Å². The number of carbonyl (C=O) groups excluding carboxylic acids is 2. The van der Waals surface area contributed by atoms with E-state index in [0.29, 0.717) is 34.6 Å². The molecule has 1 aliphatic heterocycles. The lowest BCUT2D eigenvalue weighted by Crippen LogP contribution is -2.51. The second-order valence-corrected chi connectivity index (χ2v) is 16.7. The molecule has 6 rings (SSSR count). The van der Waals surface area contributed by atoms with E-state index in [1.54, 1.807) is 17.7 Å². The van der Waals surface area contributed by atoms with E-state index in [9.17, 15) is 9.59 Å². The van der Waals surface area contributed by atoms with Crippen LogP contribution in [0.2, 0.25) is 0 Å². The Bertz CT molecular complexity index is 1220. The highest BCUT2D eigenvalue weighted by molar-refractivity contribution is 6.21. The Labute approximate surface area is 274 Å². The van der Waals surface area contributed by atoms with Crippen molar-refractivity contribution in [1.29, 1.82) is 0 Å².